The minimum absolute atomic E-state index is 0.159. The second-order valence-corrected chi connectivity index (χ2v) is 5.11. The second-order valence-electron chi connectivity index (χ2n) is 5.11. The van der Waals surface area contributed by atoms with Crippen LogP contribution in [-0.2, 0) is 4.79 Å². The SMILES string of the molecule is CCCC1CCC(CC(F)(F)F)(C(=O)O)CC1. The van der Waals surface area contributed by atoms with E-state index in [4.69, 9.17) is 5.11 Å². The fourth-order valence-corrected chi connectivity index (χ4v) is 2.78. The predicted molar refractivity (Wildman–Crippen MR) is 57.6 cm³/mol. The van der Waals surface area contributed by atoms with Crippen LogP contribution in [0.1, 0.15) is 51.9 Å². The molecule has 1 N–H and O–H groups in total. The molecule has 17 heavy (non-hydrogen) atoms. The smallest absolute Gasteiger partial charge is 0.390 e. The highest BCUT2D eigenvalue weighted by Crippen LogP contribution is 2.47. The molecule has 0 spiro atoms. The highest BCUT2D eigenvalue weighted by Gasteiger charge is 2.49. The Hall–Kier alpha value is -0.740. The molecule has 0 heterocycles. The van der Waals surface area contributed by atoms with E-state index in [1.807, 2.05) is 6.92 Å². The molecular weight excluding hydrogens is 233 g/mol. The molecule has 1 saturated carbocycles. The lowest BCUT2D eigenvalue weighted by Crippen LogP contribution is -2.39. The zero-order valence-electron chi connectivity index (χ0n) is 10.0. The molecule has 0 amide bonds. The summed E-state index contributed by atoms with van der Waals surface area (Å²) in [5.74, 6) is -0.884. The number of aliphatic carboxylic acids is 1. The van der Waals surface area contributed by atoms with Crippen molar-refractivity contribution < 1.29 is 23.1 Å². The van der Waals surface area contributed by atoms with Crippen molar-refractivity contribution in [2.75, 3.05) is 0 Å². The molecule has 0 bridgehead atoms. The van der Waals surface area contributed by atoms with E-state index in [1.54, 1.807) is 0 Å². The van der Waals surface area contributed by atoms with Gasteiger partial charge in [-0.25, -0.2) is 0 Å². The van der Waals surface area contributed by atoms with E-state index >= 15 is 0 Å². The Morgan fingerprint density at radius 2 is 1.88 bits per heavy atom. The maximum Gasteiger partial charge on any atom is 0.390 e. The van der Waals surface area contributed by atoms with Crippen molar-refractivity contribution >= 4 is 5.97 Å². The van der Waals surface area contributed by atoms with Crippen LogP contribution in [0.4, 0.5) is 13.2 Å². The number of carbonyl (C=O) groups is 1. The lowest BCUT2D eigenvalue weighted by molar-refractivity contribution is -0.184. The minimum Gasteiger partial charge on any atom is -0.481 e. The molecular formula is C12H19F3O2. The molecule has 0 aliphatic heterocycles. The van der Waals surface area contributed by atoms with Gasteiger partial charge in [0.2, 0.25) is 0 Å². The van der Waals surface area contributed by atoms with E-state index in [0.717, 1.165) is 12.8 Å². The van der Waals surface area contributed by atoms with Crippen molar-refractivity contribution in [1.29, 1.82) is 0 Å². The highest BCUT2D eigenvalue weighted by atomic mass is 19.4. The van der Waals surface area contributed by atoms with Crippen molar-refractivity contribution in [3.05, 3.63) is 0 Å². The molecule has 0 aromatic heterocycles. The van der Waals surface area contributed by atoms with Crippen LogP contribution in [-0.4, -0.2) is 17.3 Å². The third kappa shape index (κ3) is 3.89. The number of hydrogen-bond acceptors (Lipinski definition) is 1. The summed E-state index contributed by atoms with van der Waals surface area (Å²) >= 11 is 0. The summed E-state index contributed by atoms with van der Waals surface area (Å²) < 4.78 is 37.3. The molecule has 0 aromatic carbocycles. The van der Waals surface area contributed by atoms with E-state index in [9.17, 15) is 18.0 Å². The third-order valence-electron chi connectivity index (χ3n) is 3.75. The van der Waals surface area contributed by atoms with Gasteiger partial charge in [0.05, 0.1) is 11.8 Å². The Kier molecular flexibility index (Phi) is 4.44. The van der Waals surface area contributed by atoms with Crippen LogP contribution in [0.25, 0.3) is 0 Å². The van der Waals surface area contributed by atoms with E-state index in [1.165, 1.54) is 0 Å². The topological polar surface area (TPSA) is 37.3 Å². The summed E-state index contributed by atoms with van der Waals surface area (Å²) in [6.07, 6.45) is -2.05. The van der Waals surface area contributed by atoms with Gasteiger partial charge in [-0.1, -0.05) is 19.8 Å². The lowest BCUT2D eigenvalue weighted by atomic mass is 9.67. The van der Waals surface area contributed by atoms with Crippen LogP contribution in [0, 0.1) is 11.3 Å². The van der Waals surface area contributed by atoms with Crippen molar-refractivity contribution in [3.63, 3.8) is 0 Å². The summed E-state index contributed by atoms with van der Waals surface area (Å²) in [7, 11) is 0. The quantitative estimate of drug-likeness (QED) is 0.821. The highest BCUT2D eigenvalue weighted by molar-refractivity contribution is 5.74. The largest absolute Gasteiger partial charge is 0.481 e. The van der Waals surface area contributed by atoms with E-state index in [0.29, 0.717) is 18.8 Å². The van der Waals surface area contributed by atoms with Crippen molar-refractivity contribution in [2.45, 2.75) is 58.0 Å². The van der Waals surface area contributed by atoms with Crippen LogP contribution < -0.4 is 0 Å². The van der Waals surface area contributed by atoms with Gasteiger partial charge in [-0.15, -0.1) is 0 Å². The summed E-state index contributed by atoms with van der Waals surface area (Å²) in [6.45, 7) is 2.04. The van der Waals surface area contributed by atoms with Crippen LogP contribution in [0.2, 0.25) is 0 Å². The first-order valence-corrected chi connectivity index (χ1v) is 6.09. The minimum atomic E-state index is -4.39. The van der Waals surface area contributed by atoms with Gasteiger partial charge in [0.1, 0.15) is 0 Å². The molecule has 0 unspecified atom stereocenters. The molecule has 0 radical (unpaired) electrons. The van der Waals surface area contributed by atoms with Gasteiger partial charge in [0, 0.05) is 0 Å². The fourth-order valence-electron chi connectivity index (χ4n) is 2.78. The number of alkyl halides is 3. The molecule has 1 fully saturated rings. The van der Waals surface area contributed by atoms with Crippen LogP contribution in [0.3, 0.4) is 0 Å². The number of carboxylic acid groups (broad SMARTS) is 1. The summed E-state index contributed by atoms with van der Waals surface area (Å²) in [5.41, 5.74) is -1.57. The van der Waals surface area contributed by atoms with Gasteiger partial charge in [-0.2, -0.15) is 13.2 Å². The van der Waals surface area contributed by atoms with Crippen LogP contribution >= 0.6 is 0 Å². The maximum atomic E-state index is 12.4. The standard InChI is InChI=1S/C12H19F3O2/c1-2-3-9-4-6-11(7-5-9,10(16)17)8-12(13,14)15/h9H,2-8H2,1H3,(H,16,17). The number of rotatable bonds is 4. The molecule has 2 nitrogen and oxygen atoms in total. The van der Waals surface area contributed by atoms with E-state index in [2.05, 4.69) is 0 Å². The molecule has 1 rings (SSSR count). The Labute approximate surface area is 99.2 Å². The van der Waals surface area contributed by atoms with Crippen molar-refractivity contribution in [3.8, 4) is 0 Å². The molecule has 0 aromatic rings. The summed E-state index contributed by atoms with van der Waals surface area (Å²) in [5, 5.41) is 9.07. The Bertz CT molecular complexity index is 265. The van der Waals surface area contributed by atoms with Crippen molar-refractivity contribution in [1.82, 2.24) is 0 Å². The third-order valence-corrected chi connectivity index (χ3v) is 3.75. The molecule has 1 aliphatic rings. The fraction of sp³-hybridized carbons (Fsp3) is 0.917. The van der Waals surface area contributed by atoms with Gasteiger partial charge in [0.25, 0.3) is 0 Å². The van der Waals surface area contributed by atoms with Gasteiger partial charge >= 0.3 is 12.1 Å². The number of hydrogen-bond donors (Lipinski definition) is 1. The Balaban J connectivity index is 2.67. The van der Waals surface area contributed by atoms with Gasteiger partial charge in [-0.05, 0) is 31.6 Å². The lowest BCUT2D eigenvalue weighted by Gasteiger charge is -2.37. The molecule has 5 heteroatoms. The summed E-state index contributed by atoms with van der Waals surface area (Å²) in [6, 6.07) is 0. The Morgan fingerprint density at radius 1 is 1.35 bits per heavy atom. The van der Waals surface area contributed by atoms with Crippen LogP contribution in [0.5, 0.6) is 0 Å². The maximum absolute atomic E-state index is 12.4. The molecule has 1 aliphatic carbocycles. The normalized spacial score (nSPS) is 30.2. The number of carboxylic acids is 1. The first-order valence-electron chi connectivity index (χ1n) is 6.09. The summed E-state index contributed by atoms with van der Waals surface area (Å²) in [4.78, 5) is 11.1. The predicted octanol–water partition coefficient (Wildman–Crippen LogP) is 4.00. The van der Waals surface area contributed by atoms with Gasteiger partial charge in [-0.3, -0.25) is 4.79 Å². The Morgan fingerprint density at radius 3 is 2.24 bits per heavy atom. The average molecular weight is 252 g/mol. The average Bonchev–Trinajstić information content (AvgIpc) is 2.19. The van der Waals surface area contributed by atoms with Crippen molar-refractivity contribution in [2.24, 2.45) is 11.3 Å². The van der Waals surface area contributed by atoms with E-state index < -0.39 is 24.0 Å². The molecule has 0 saturated heterocycles. The zero-order chi connectivity index (χ0) is 13.1. The zero-order valence-corrected chi connectivity index (χ0v) is 10.0. The van der Waals surface area contributed by atoms with Gasteiger partial charge in [0.15, 0.2) is 0 Å². The van der Waals surface area contributed by atoms with E-state index in [-0.39, 0.29) is 12.8 Å². The van der Waals surface area contributed by atoms with Gasteiger partial charge < -0.3 is 5.11 Å². The first-order chi connectivity index (χ1) is 7.79. The molecule has 100 valence electrons. The number of halogens is 3. The molecule has 0 atom stereocenters. The monoisotopic (exact) mass is 252 g/mol. The first kappa shape index (κ1) is 14.3. The second kappa shape index (κ2) is 5.27. The van der Waals surface area contributed by atoms with Crippen LogP contribution in [0.15, 0.2) is 0 Å².